The molecule has 0 radical (unpaired) electrons. The molecule has 0 saturated heterocycles. The second kappa shape index (κ2) is 4.91. The monoisotopic (exact) mass is 213 g/mol. The van der Waals surface area contributed by atoms with Gasteiger partial charge in [0.2, 0.25) is 5.91 Å². The Balaban J connectivity index is 2.38. The van der Waals surface area contributed by atoms with Crippen molar-refractivity contribution < 1.29 is 19.5 Å². The van der Waals surface area contributed by atoms with Crippen LogP contribution in [0.25, 0.3) is 0 Å². The molecule has 0 aromatic carbocycles. The molecule has 0 unspecified atom stereocenters. The number of carboxylic acids is 1. The third kappa shape index (κ3) is 4.10. The van der Waals surface area contributed by atoms with Crippen LogP contribution in [0.4, 0.5) is 0 Å². The number of ketones is 1. The Morgan fingerprint density at radius 1 is 1.40 bits per heavy atom. The molecule has 0 bridgehead atoms. The van der Waals surface area contributed by atoms with Gasteiger partial charge in [0.15, 0.2) is 0 Å². The van der Waals surface area contributed by atoms with Gasteiger partial charge >= 0.3 is 5.97 Å². The third-order valence-corrected chi connectivity index (χ3v) is 2.35. The second-order valence-corrected chi connectivity index (χ2v) is 3.91. The fourth-order valence-corrected chi connectivity index (χ4v) is 1.24. The van der Waals surface area contributed by atoms with Gasteiger partial charge in [-0.15, -0.1) is 0 Å². The normalized spacial score (nSPS) is 16.9. The second-order valence-electron chi connectivity index (χ2n) is 3.91. The molecule has 1 aliphatic carbocycles. The molecule has 15 heavy (non-hydrogen) atoms. The molecule has 0 aromatic rings. The highest BCUT2D eigenvalue weighted by Gasteiger charge is 2.32. The summed E-state index contributed by atoms with van der Waals surface area (Å²) >= 11 is 0. The molecule has 0 spiro atoms. The minimum atomic E-state index is -1.08. The van der Waals surface area contributed by atoms with Crippen LogP contribution in [0.3, 0.4) is 0 Å². The van der Waals surface area contributed by atoms with E-state index in [1.807, 2.05) is 0 Å². The summed E-state index contributed by atoms with van der Waals surface area (Å²) < 4.78 is 0. The average molecular weight is 213 g/mol. The molecule has 0 aromatic heterocycles. The summed E-state index contributed by atoms with van der Waals surface area (Å²) in [5.74, 6) is -1.36. The minimum absolute atomic E-state index is 0.0100. The SMILES string of the molecule is CC(=O)CC[C@@H](NC(=O)C1CC1)C(=O)O. The first-order valence-corrected chi connectivity index (χ1v) is 5.03. The summed E-state index contributed by atoms with van der Waals surface area (Å²) in [5, 5.41) is 11.3. The van der Waals surface area contributed by atoms with Crippen LogP contribution in [0.5, 0.6) is 0 Å². The van der Waals surface area contributed by atoms with Crippen molar-refractivity contribution in [2.75, 3.05) is 0 Å². The lowest BCUT2D eigenvalue weighted by atomic mass is 10.1. The van der Waals surface area contributed by atoms with Crippen molar-refractivity contribution in [1.29, 1.82) is 0 Å². The van der Waals surface area contributed by atoms with E-state index in [4.69, 9.17) is 5.11 Å². The molecule has 1 saturated carbocycles. The Labute approximate surface area is 87.8 Å². The van der Waals surface area contributed by atoms with Crippen molar-refractivity contribution in [3.05, 3.63) is 0 Å². The molecule has 1 aliphatic rings. The zero-order valence-electron chi connectivity index (χ0n) is 8.66. The molecule has 5 heteroatoms. The fraction of sp³-hybridized carbons (Fsp3) is 0.700. The number of carbonyl (C=O) groups excluding carboxylic acids is 2. The largest absolute Gasteiger partial charge is 0.480 e. The van der Waals surface area contributed by atoms with Crippen LogP contribution in [-0.4, -0.2) is 28.8 Å². The summed E-state index contributed by atoms with van der Waals surface area (Å²) in [6.07, 6.45) is 2.03. The number of amides is 1. The van der Waals surface area contributed by atoms with Gasteiger partial charge in [-0.3, -0.25) is 4.79 Å². The Kier molecular flexibility index (Phi) is 3.82. The van der Waals surface area contributed by atoms with Crippen molar-refractivity contribution in [2.45, 2.75) is 38.6 Å². The van der Waals surface area contributed by atoms with Crippen molar-refractivity contribution in [1.82, 2.24) is 5.32 Å². The average Bonchev–Trinajstić information content (AvgIpc) is 2.93. The van der Waals surface area contributed by atoms with Gasteiger partial charge in [-0.2, -0.15) is 0 Å². The van der Waals surface area contributed by atoms with Gasteiger partial charge in [0.25, 0.3) is 0 Å². The maximum atomic E-state index is 11.3. The fourth-order valence-electron chi connectivity index (χ4n) is 1.24. The van der Waals surface area contributed by atoms with E-state index < -0.39 is 12.0 Å². The maximum Gasteiger partial charge on any atom is 0.326 e. The smallest absolute Gasteiger partial charge is 0.326 e. The highest BCUT2D eigenvalue weighted by molar-refractivity contribution is 5.86. The standard InChI is InChI=1S/C10H15NO4/c1-6(12)2-5-8(10(14)15)11-9(13)7-3-4-7/h7-8H,2-5H2,1H3,(H,11,13)(H,14,15)/t8-/m1/s1. The minimum Gasteiger partial charge on any atom is -0.480 e. The number of Topliss-reactive ketones (excluding diaryl/α,β-unsaturated/α-hetero) is 1. The van der Waals surface area contributed by atoms with Crippen LogP contribution in [0.15, 0.2) is 0 Å². The van der Waals surface area contributed by atoms with Gasteiger partial charge in [-0.25, -0.2) is 4.79 Å². The Hall–Kier alpha value is -1.39. The van der Waals surface area contributed by atoms with Gasteiger partial charge in [0.05, 0.1) is 0 Å². The summed E-state index contributed by atoms with van der Waals surface area (Å²) in [5.41, 5.74) is 0. The van der Waals surface area contributed by atoms with Crippen LogP contribution in [0.2, 0.25) is 0 Å². The number of rotatable bonds is 6. The van der Waals surface area contributed by atoms with E-state index in [1.54, 1.807) is 0 Å². The lowest BCUT2D eigenvalue weighted by Crippen LogP contribution is -2.41. The van der Waals surface area contributed by atoms with E-state index in [0.717, 1.165) is 12.8 Å². The number of hydrogen-bond acceptors (Lipinski definition) is 3. The maximum absolute atomic E-state index is 11.3. The zero-order chi connectivity index (χ0) is 11.4. The number of aliphatic carboxylic acids is 1. The summed E-state index contributed by atoms with van der Waals surface area (Å²) in [7, 11) is 0. The summed E-state index contributed by atoms with van der Waals surface area (Å²) in [4.78, 5) is 32.8. The van der Waals surface area contributed by atoms with Crippen LogP contribution >= 0.6 is 0 Å². The van der Waals surface area contributed by atoms with Gasteiger partial charge in [-0.05, 0) is 26.2 Å². The Bertz CT molecular complexity index is 283. The molecule has 1 amide bonds. The third-order valence-electron chi connectivity index (χ3n) is 2.35. The van der Waals surface area contributed by atoms with Crippen molar-refractivity contribution in [2.24, 2.45) is 5.92 Å². The first-order chi connectivity index (χ1) is 7.00. The number of hydrogen-bond donors (Lipinski definition) is 2. The molecule has 5 nitrogen and oxygen atoms in total. The van der Waals surface area contributed by atoms with E-state index in [9.17, 15) is 14.4 Å². The predicted octanol–water partition coefficient (Wildman–Crippen LogP) is 0.335. The summed E-state index contributed by atoms with van der Waals surface area (Å²) in [6.45, 7) is 1.40. The van der Waals surface area contributed by atoms with E-state index in [-0.39, 0.29) is 30.4 Å². The molecule has 1 fully saturated rings. The van der Waals surface area contributed by atoms with E-state index in [1.165, 1.54) is 6.92 Å². The van der Waals surface area contributed by atoms with Crippen LogP contribution in [0, 0.1) is 5.92 Å². The first kappa shape index (κ1) is 11.7. The van der Waals surface area contributed by atoms with Crippen LogP contribution in [-0.2, 0) is 14.4 Å². The van der Waals surface area contributed by atoms with Gasteiger partial charge < -0.3 is 15.2 Å². The van der Waals surface area contributed by atoms with E-state index in [2.05, 4.69) is 5.32 Å². The molecule has 84 valence electrons. The number of carboxylic acid groups (broad SMARTS) is 1. The summed E-state index contributed by atoms with van der Waals surface area (Å²) in [6, 6.07) is -0.929. The zero-order valence-corrected chi connectivity index (χ0v) is 8.66. The lowest BCUT2D eigenvalue weighted by molar-refractivity contribution is -0.142. The molecule has 1 atom stereocenters. The van der Waals surface area contributed by atoms with Crippen LogP contribution in [0.1, 0.15) is 32.6 Å². The first-order valence-electron chi connectivity index (χ1n) is 5.03. The highest BCUT2D eigenvalue weighted by Crippen LogP contribution is 2.28. The molecule has 1 rings (SSSR count). The topological polar surface area (TPSA) is 83.5 Å². The Morgan fingerprint density at radius 2 is 2.00 bits per heavy atom. The lowest BCUT2D eigenvalue weighted by Gasteiger charge is -2.13. The molecule has 2 N–H and O–H groups in total. The van der Waals surface area contributed by atoms with E-state index >= 15 is 0 Å². The molecular formula is C10H15NO4. The highest BCUT2D eigenvalue weighted by atomic mass is 16.4. The molecule has 0 heterocycles. The van der Waals surface area contributed by atoms with Crippen molar-refractivity contribution >= 4 is 17.7 Å². The Morgan fingerprint density at radius 3 is 2.40 bits per heavy atom. The van der Waals surface area contributed by atoms with Gasteiger partial charge in [0.1, 0.15) is 11.8 Å². The molecular weight excluding hydrogens is 198 g/mol. The van der Waals surface area contributed by atoms with Crippen molar-refractivity contribution in [3.63, 3.8) is 0 Å². The number of carbonyl (C=O) groups is 3. The number of nitrogens with one attached hydrogen (secondary N) is 1. The predicted molar refractivity (Wildman–Crippen MR) is 52.2 cm³/mol. The van der Waals surface area contributed by atoms with Crippen molar-refractivity contribution in [3.8, 4) is 0 Å². The van der Waals surface area contributed by atoms with Gasteiger partial charge in [0, 0.05) is 12.3 Å². The quantitative estimate of drug-likeness (QED) is 0.666. The molecule has 0 aliphatic heterocycles. The van der Waals surface area contributed by atoms with E-state index in [0.29, 0.717) is 0 Å². The van der Waals surface area contributed by atoms with Crippen LogP contribution < -0.4 is 5.32 Å². The van der Waals surface area contributed by atoms with Gasteiger partial charge in [-0.1, -0.05) is 0 Å².